The van der Waals surface area contributed by atoms with Crippen molar-refractivity contribution in [2.45, 2.75) is 24.5 Å². The minimum absolute atomic E-state index is 0.0646. The molecular weight excluding hydrogens is 559 g/mol. The van der Waals surface area contributed by atoms with Crippen LogP contribution in [0.3, 0.4) is 0 Å². The van der Waals surface area contributed by atoms with E-state index in [0.717, 1.165) is 14.9 Å². The molecule has 0 aliphatic heterocycles. The van der Waals surface area contributed by atoms with Crippen LogP contribution in [0, 0.1) is 5.82 Å². The number of likely N-dealkylation sites (N-methyl/N-ethyl adjacent to an activating group) is 1. The Kier molecular flexibility index (Phi) is 8.61. The molecule has 0 aliphatic rings. The first kappa shape index (κ1) is 29.6. The third kappa shape index (κ3) is 5.88. The zero-order valence-electron chi connectivity index (χ0n) is 22.5. The monoisotopic (exact) mass is 590 g/mol. The minimum Gasteiger partial charge on any atom is -0.437 e. The molecular formula is C27H31FN4O6S2. The van der Waals surface area contributed by atoms with Crippen LogP contribution in [-0.2, 0) is 26.5 Å². The second-order valence-electron chi connectivity index (χ2n) is 9.20. The number of aromatic nitrogens is 1. The van der Waals surface area contributed by atoms with Crippen LogP contribution in [-0.4, -0.2) is 64.7 Å². The fraction of sp³-hybridized carbons (Fsp3) is 0.296. The number of pyridine rings is 1. The van der Waals surface area contributed by atoms with Gasteiger partial charge in [-0.05, 0) is 61.5 Å². The number of furan rings is 1. The van der Waals surface area contributed by atoms with Crippen molar-refractivity contribution in [1.29, 1.82) is 0 Å². The number of anilines is 1. The molecule has 0 radical (unpaired) electrons. The van der Waals surface area contributed by atoms with Crippen molar-refractivity contribution >= 4 is 37.0 Å². The van der Waals surface area contributed by atoms with Crippen molar-refractivity contribution in [3.63, 3.8) is 0 Å². The van der Waals surface area contributed by atoms with Crippen LogP contribution in [0.15, 0.2) is 70.0 Å². The first-order valence-corrected chi connectivity index (χ1v) is 15.7. The van der Waals surface area contributed by atoms with Crippen molar-refractivity contribution in [2.24, 2.45) is 0 Å². The fourth-order valence-electron chi connectivity index (χ4n) is 4.33. The maximum Gasteiger partial charge on any atom is 0.242 e. The van der Waals surface area contributed by atoms with Gasteiger partial charge >= 0.3 is 0 Å². The van der Waals surface area contributed by atoms with Crippen molar-refractivity contribution in [3.8, 4) is 11.3 Å². The van der Waals surface area contributed by atoms with Gasteiger partial charge in [0.1, 0.15) is 23.6 Å². The van der Waals surface area contributed by atoms with E-state index in [1.54, 1.807) is 31.3 Å². The van der Waals surface area contributed by atoms with Crippen molar-refractivity contribution in [1.82, 2.24) is 14.6 Å². The second kappa shape index (κ2) is 11.6. The first-order valence-electron chi connectivity index (χ1n) is 12.4. The minimum atomic E-state index is -3.90. The molecule has 0 saturated heterocycles. The summed E-state index contributed by atoms with van der Waals surface area (Å²) < 4.78 is 73.6. The van der Waals surface area contributed by atoms with Gasteiger partial charge in [-0.3, -0.25) is 9.62 Å². The van der Waals surface area contributed by atoms with Crippen LogP contribution < -0.4 is 9.62 Å². The van der Waals surface area contributed by atoms with Crippen LogP contribution in [0.25, 0.3) is 22.4 Å². The fourth-order valence-corrected chi connectivity index (χ4v) is 6.40. The van der Waals surface area contributed by atoms with Gasteiger partial charge in [0.15, 0.2) is 0 Å². The predicted molar refractivity (Wildman–Crippen MR) is 151 cm³/mol. The number of halogens is 1. The van der Waals surface area contributed by atoms with Crippen LogP contribution in [0.2, 0.25) is 0 Å². The number of hydrogen-bond acceptors (Lipinski definition) is 8. The number of nitrogens with zero attached hydrogens (tertiary/aromatic N) is 3. The lowest BCUT2D eigenvalue weighted by Crippen LogP contribution is -2.40. The van der Waals surface area contributed by atoms with Crippen LogP contribution in [0.1, 0.15) is 24.3 Å². The summed E-state index contributed by atoms with van der Waals surface area (Å²) in [5, 5.41) is 14.0. The van der Waals surface area contributed by atoms with Gasteiger partial charge in [-0.25, -0.2) is 21.2 Å². The number of sulfonamides is 2. The maximum atomic E-state index is 13.6. The second-order valence-corrected chi connectivity index (χ2v) is 13.1. The van der Waals surface area contributed by atoms with Crippen molar-refractivity contribution in [3.05, 3.63) is 77.6 Å². The zero-order chi connectivity index (χ0) is 29.2. The van der Waals surface area contributed by atoms with Gasteiger partial charge in [0, 0.05) is 31.1 Å². The molecule has 2 heterocycles. The molecule has 0 fully saturated rings. The van der Waals surface area contributed by atoms with Gasteiger partial charge in [0.2, 0.25) is 25.8 Å². The largest absolute Gasteiger partial charge is 0.437 e. The number of fused-ring (bicyclic) bond motifs is 1. The van der Waals surface area contributed by atoms with E-state index in [9.17, 15) is 26.3 Å². The molecule has 0 saturated carbocycles. The van der Waals surface area contributed by atoms with E-state index in [1.165, 1.54) is 43.4 Å². The Balaban J connectivity index is 1.79. The average Bonchev–Trinajstić information content (AvgIpc) is 3.30. The van der Waals surface area contributed by atoms with E-state index >= 15 is 0 Å². The number of aliphatic hydroxyl groups is 1. The Morgan fingerprint density at radius 1 is 1.05 bits per heavy atom. The Labute approximate surface area is 233 Å². The quantitative estimate of drug-likeness (QED) is 0.254. The van der Waals surface area contributed by atoms with Gasteiger partial charge in [-0.1, -0.05) is 25.1 Å². The van der Waals surface area contributed by atoms with Crippen LogP contribution in [0.5, 0.6) is 0 Å². The lowest BCUT2D eigenvalue weighted by atomic mass is 10.0. The van der Waals surface area contributed by atoms with E-state index in [0.29, 0.717) is 28.5 Å². The Bertz CT molecular complexity index is 1710. The molecule has 1 atom stereocenters. The lowest BCUT2D eigenvalue weighted by Gasteiger charge is -2.26. The lowest BCUT2D eigenvalue weighted by molar-refractivity contribution is 0.150. The van der Waals surface area contributed by atoms with Crippen molar-refractivity contribution in [2.75, 3.05) is 37.7 Å². The van der Waals surface area contributed by atoms with Gasteiger partial charge in [-0.2, -0.15) is 9.29 Å². The molecule has 2 aromatic carbocycles. The highest BCUT2D eigenvalue weighted by Crippen LogP contribution is 2.38. The first-order chi connectivity index (χ1) is 18.9. The Hall–Kier alpha value is -3.36. The molecule has 0 spiro atoms. The summed E-state index contributed by atoms with van der Waals surface area (Å²) >= 11 is 0. The van der Waals surface area contributed by atoms with Gasteiger partial charge < -0.3 is 9.52 Å². The molecule has 40 heavy (non-hydrogen) atoms. The van der Waals surface area contributed by atoms with Gasteiger partial charge in [0.25, 0.3) is 0 Å². The summed E-state index contributed by atoms with van der Waals surface area (Å²) in [6.07, 6.45) is 0.252. The van der Waals surface area contributed by atoms with E-state index in [1.807, 2.05) is 6.92 Å². The summed E-state index contributed by atoms with van der Waals surface area (Å²) in [5.74, 6) is -0.0941. The van der Waals surface area contributed by atoms with E-state index < -0.39 is 32.1 Å². The standard InChI is InChI=1S/C27H31FN4O6S2/c1-5-18-17-22-23(26(33)29-2)24(19-11-13-20(28)14-12-19)38-27(22)30-25(18)32(39(4,34)35)16-15-31(3)40(36,37)21-9-7-6-8-10-21/h6-14,17,26,29,33H,5,15-16H2,1-4H3. The predicted octanol–water partition coefficient (Wildman–Crippen LogP) is 3.49. The van der Waals surface area contributed by atoms with E-state index in [2.05, 4.69) is 10.3 Å². The molecule has 214 valence electrons. The highest BCUT2D eigenvalue weighted by atomic mass is 32.2. The Morgan fingerprint density at radius 2 is 1.70 bits per heavy atom. The topological polar surface area (TPSA) is 133 Å². The van der Waals surface area contributed by atoms with Crippen molar-refractivity contribution < 1.29 is 30.7 Å². The SMILES string of the molecule is CCc1cc2c(C(O)NC)c(-c3ccc(F)cc3)oc2nc1N(CCN(C)S(=O)(=O)c1ccccc1)S(C)(=O)=O. The molecule has 13 heteroatoms. The van der Waals surface area contributed by atoms with Crippen LogP contribution >= 0.6 is 0 Å². The molecule has 0 aliphatic carbocycles. The molecule has 0 bridgehead atoms. The molecule has 1 unspecified atom stereocenters. The molecule has 4 aromatic rings. The van der Waals surface area contributed by atoms with Gasteiger partial charge in [-0.15, -0.1) is 0 Å². The smallest absolute Gasteiger partial charge is 0.242 e. The Morgan fingerprint density at radius 3 is 2.27 bits per heavy atom. The summed E-state index contributed by atoms with van der Waals surface area (Å²) in [7, 11) is -4.81. The van der Waals surface area contributed by atoms with E-state index in [4.69, 9.17) is 4.42 Å². The third-order valence-corrected chi connectivity index (χ3v) is 9.54. The summed E-state index contributed by atoms with van der Waals surface area (Å²) in [6, 6.07) is 15.1. The maximum absolute atomic E-state index is 13.6. The summed E-state index contributed by atoms with van der Waals surface area (Å²) in [5.41, 5.74) is 1.48. The highest BCUT2D eigenvalue weighted by Gasteiger charge is 2.29. The molecule has 10 nitrogen and oxygen atoms in total. The number of aliphatic hydroxyl groups excluding tert-OH is 1. The van der Waals surface area contributed by atoms with E-state index in [-0.39, 0.29) is 35.3 Å². The number of hydrogen-bond donors (Lipinski definition) is 2. The zero-order valence-corrected chi connectivity index (χ0v) is 24.1. The number of nitrogens with one attached hydrogen (secondary N) is 1. The molecule has 2 N–H and O–H groups in total. The summed E-state index contributed by atoms with van der Waals surface area (Å²) in [6.45, 7) is 1.48. The number of benzene rings is 2. The molecule has 0 amide bonds. The molecule has 4 rings (SSSR count). The highest BCUT2D eigenvalue weighted by molar-refractivity contribution is 7.92. The normalized spacial score (nSPS) is 13.2. The molecule has 2 aromatic heterocycles. The third-order valence-electron chi connectivity index (χ3n) is 6.52. The van der Waals surface area contributed by atoms with Gasteiger partial charge in [0.05, 0.1) is 16.7 Å². The summed E-state index contributed by atoms with van der Waals surface area (Å²) in [4.78, 5) is 4.65. The van der Waals surface area contributed by atoms with Crippen LogP contribution in [0.4, 0.5) is 10.2 Å². The number of aryl methyl sites for hydroxylation is 1. The number of rotatable bonds is 11. The average molecular weight is 591 g/mol.